The summed E-state index contributed by atoms with van der Waals surface area (Å²) >= 11 is 5.96. The molecule has 1 amide bonds. The zero-order valence-corrected chi connectivity index (χ0v) is 13.8. The molecular formula is C18H20ClNO2. The van der Waals surface area contributed by atoms with Crippen molar-refractivity contribution in [3.05, 3.63) is 64.2 Å². The lowest BCUT2D eigenvalue weighted by molar-refractivity contribution is -0.123. The Bertz CT molecular complexity index is 670. The van der Waals surface area contributed by atoms with Crippen LogP contribution in [0.5, 0.6) is 5.75 Å². The van der Waals surface area contributed by atoms with E-state index in [0.29, 0.717) is 5.02 Å². The zero-order chi connectivity index (χ0) is 16.1. The molecule has 0 spiro atoms. The van der Waals surface area contributed by atoms with E-state index in [-0.39, 0.29) is 18.6 Å². The van der Waals surface area contributed by atoms with Crippen LogP contribution < -0.4 is 10.1 Å². The first-order chi connectivity index (χ1) is 10.5. The Hall–Kier alpha value is -2.00. The van der Waals surface area contributed by atoms with E-state index in [1.807, 2.05) is 63.2 Å². The fourth-order valence-electron chi connectivity index (χ4n) is 2.15. The highest BCUT2D eigenvalue weighted by atomic mass is 35.5. The molecular weight excluding hydrogens is 298 g/mol. The van der Waals surface area contributed by atoms with E-state index in [9.17, 15) is 4.79 Å². The summed E-state index contributed by atoms with van der Waals surface area (Å²) in [6.45, 7) is 5.87. The summed E-state index contributed by atoms with van der Waals surface area (Å²) in [5, 5.41) is 3.56. The molecule has 22 heavy (non-hydrogen) atoms. The molecule has 0 saturated carbocycles. The Balaban J connectivity index is 1.91. The highest BCUT2D eigenvalue weighted by Gasteiger charge is 2.11. The van der Waals surface area contributed by atoms with Crippen LogP contribution in [0.15, 0.2) is 42.5 Å². The van der Waals surface area contributed by atoms with Gasteiger partial charge in [-0.2, -0.15) is 0 Å². The third-order valence-electron chi connectivity index (χ3n) is 3.43. The number of hydrogen-bond acceptors (Lipinski definition) is 2. The van der Waals surface area contributed by atoms with E-state index in [1.54, 1.807) is 0 Å². The maximum atomic E-state index is 12.0. The number of carbonyl (C=O) groups excluding carboxylic acids is 1. The fraction of sp³-hybridized carbons (Fsp3) is 0.278. The molecule has 116 valence electrons. The highest BCUT2D eigenvalue weighted by molar-refractivity contribution is 6.30. The Morgan fingerprint density at radius 3 is 2.73 bits per heavy atom. The Morgan fingerprint density at radius 1 is 1.23 bits per heavy atom. The van der Waals surface area contributed by atoms with Crippen molar-refractivity contribution in [3.63, 3.8) is 0 Å². The molecule has 0 saturated heterocycles. The summed E-state index contributed by atoms with van der Waals surface area (Å²) in [6, 6.07) is 13.3. The van der Waals surface area contributed by atoms with Gasteiger partial charge in [0.25, 0.3) is 5.91 Å². The van der Waals surface area contributed by atoms with Crippen molar-refractivity contribution < 1.29 is 9.53 Å². The molecule has 0 bridgehead atoms. The number of nitrogens with one attached hydrogen (secondary N) is 1. The van der Waals surface area contributed by atoms with Gasteiger partial charge in [-0.25, -0.2) is 0 Å². The van der Waals surface area contributed by atoms with E-state index in [0.717, 1.165) is 22.4 Å². The minimum Gasteiger partial charge on any atom is -0.483 e. The molecule has 0 aliphatic heterocycles. The number of amides is 1. The standard InChI is InChI=1S/C18H20ClNO2/c1-12-7-8-13(2)17(9-12)22-11-18(21)20-14(3)15-5-4-6-16(19)10-15/h4-10,14H,11H2,1-3H3,(H,20,21). The predicted octanol–water partition coefficient (Wildman–Crippen LogP) is 4.21. The molecule has 2 aromatic carbocycles. The number of hydrogen-bond donors (Lipinski definition) is 1. The molecule has 1 unspecified atom stereocenters. The van der Waals surface area contributed by atoms with E-state index < -0.39 is 0 Å². The lowest BCUT2D eigenvalue weighted by atomic mass is 10.1. The largest absolute Gasteiger partial charge is 0.483 e. The van der Waals surface area contributed by atoms with Crippen LogP contribution in [0, 0.1) is 13.8 Å². The van der Waals surface area contributed by atoms with Crippen LogP contribution >= 0.6 is 11.6 Å². The van der Waals surface area contributed by atoms with Gasteiger partial charge in [0.15, 0.2) is 6.61 Å². The van der Waals surface area contributed by atoms with Gasteiger partial charge in [0.1, 0.15) is 5.75 Å². The van der Waals surface area contributed by atoms with Gasteiger partial charge in [-0.05, 0) is 55.7 Å². The number of rotatable bonds is 5. The van der Waals surface area contributed by atoms with Gasteiger partial charge in [0.05, 0.1) is 6.04 Å². The van der Waals surface area contributed by atoms with Crippen molar-refractivity contribution in [3.8, 4) is 5.75 Å². The number of ether oxygens (including phenoxy) is 1. The van der Waals surface area contributed by atoms with E-state index in [1.165, 1.54) is 0 Å². The van der Waals surface area contributed by atoms with Gasteiger partial charge in [-0.3, -0.25) is 4.79 Å². The van der Waals surface area contributed by atoms with Crippen LogP contribution in [0.3, 0.4) is 0 Å². The molecule has 4 heteroatoms. The Morgan fingerprint density at radius 2 is 2.00 bits per heavy atom. The van der Waals surface area contributed by atoms with Crippen LogP contribution in [-0.4, -0.2) is 12.5 Å². The number of carbonyl (C=O) groups is 1. The van der Waals surface area contributed by atoms with Gasteiger partial charge >= 0.3 is 0 Å². The average molecular weight is 318 g/mol. The van der Waals surface area contributed by atoms with Crippen LogP contribution in [0.2, 0.25) is 5.02 Å². The smallest absolute Gasteiger partial charge is 0.258 e. The number of benzene rings is 2. The molecule has 0 aliphatic carbocycles. The van der Waals surface area contributed by atoms with Crippen molar-refractivity contribution >= 4 is 17.5 Å². The minimum absolute atomic E-state index is 0.00476. The van der Waals surface area contributed by atoms with Gasteiger partial charge in [0.2, 0.25) is 0 Å². The molecule has 0 radical (unpaired) electrons. The van der Waals surface area contributed by atoms with Crippen LogP contribution in [-0.2, 0) is 4.79 Å². The zero-order valence-electron chi connectivity index (χ0n) is 13.0. The molecule has 3 nitrogen and oxygen atoms in total. The second-order valence-electron chi connectivity index (χ2n) is 5.40. The molecule has 0 aliphatic rings. The Kier molecular flexibility index (Phi) is 5.45. The van der Waals surface area contributed by atoms with Crippen LogP contribution in [0.4, 0.5) is 0 Å². The SMILES string of the molecule is Cc1ccc(C)c(OCC(=O)NC(C)c2cccc(Cl)c2)c1. The van der Waals surface area contributed by atoms with Gasteiger partial charge in [0, 0.05) is 5.02 Å². The summed E-state index contributed by atoms with van der Waals surface area (Å²) < 4.78 is 5.60. The first-order valence-electron chi connectivity index (χ1n) is 7.20. The molecule has 2 rings (SSSR count). The first-order valence-corrected chi connectivity index (χ1v) is 7.58. The molecule has 0 heterocycles. The summed E-state index contributed by atoms with van der Waals surface area (Å²) in [7, 11) is 0. The second-order valence-corrected chi connectivity index (χ2v) is 5.84. The van der Waals surface area contributed by atoms with Gasteiger partial charge < -0.3 is 10.1 Å². The molecule has 1 N–H and O–H groups in total. The van der Waals surface area contributed by atoms with Crippen molar-refractivity contribution in [2.24, 2.45) is 0 Å². The third kappa shape index (κ3) is 4.50. The fourth-order valence-corrected chi connectivity index (χ4v) is 2.35. The Labute approximate surface area is 136 Å². The summed E-state index contributed by atoms with van der Waals surface area (Å²) in [6.07, 6.45) is 0. The van der Waals surface area contributed by atoms with Gasteiger partial charge in [-0.1, -0.05) is 35.9 Å². The van der Waals surface area contributed by atoms with Crippen LogP contribution in [0.1, 0.15) is 29.7 Å². The van der Waals surface area contributed by atoms with Crippen molar-refractivity contribution in [2.45, 2.75) is 26.8 Å². The van der Waals surface area contributed by atoms with E-state index >= 15 is 0 Å². The van der Waals surface area contributed by atoms with Crippen LogP contribution in [0.25, 0.3) is 0 Å². The first kappa shape index (κ1) is 16.4. The second kappa shape index (κ2) is 7.32. The van der Waals surface area contributed by atoms with Gasteiger partial charge in [-0.15, -0.1) is 0 Å². The average Bonchev–Trinajstić information content (AvgIpc) is 2.48. The van der Waals surface area contributed by atoms with E-state index in [2.05, 4.69) is 5.32 Å². The predicted molar refractivity (Wildman–Crippen MR) is 89.4 cm³/mol. The third-order valence-corrected chi connectivity index (χ3v) is 3.66. The molecule has 1 atom stereocenters. The summed E-state index contributed by atoms with van der Waals surface area (Å²) in [5.74, 6) is 0.582. The van der Waals surface area contributed by atoms with Crippen molar-refractivity contribution in [1.82, 2.24) is 5.32 Å². The maximum Gasteiger partial charge on any atom is 0.258 e. The maximum absolute atomic E-state index is 12.0. The number of halogens is 1. The molecule has 2 aromatic rings. The van der Waals surface area contributed by atoms with Crippen molar-refractivity contribution in [2.75, 3.05) is 6.61 Å². The number of aryl methyl sites for hydroxylation is 2. The highest BCUT2D eigenvalue weighted by Crippen LogP contribution is 2.19. The molecule has 0 fully saturated rings. The van der Waals surface area contributed by atoms with E-state index in [4.69, 9.17) is 16.3 Å². The minimum atomic E-state index is -0.159. The van der Waals surface area contributed by atoms with Crippen molar-refractivity contribution in [1.29, 1.82) is 0 Å². The summed E-state index contributed by atoms with van der Waals surface area (Å²) in [4.78, 5) is 12.0. The molecule has 0 aromatic heterocycles. The lowest BCUT2D eigenvalue weighted by Gasteiger charge is -2.15. The summed E-state index contributed by atoms with van der Waals surface area (Å²) in [5.41, 5.74) is 3.09. The quantitative estimate of drug-likeness (QED) is 0.897. The normalized spacial score (nSPS) is 11.8. The monoisotopic (exact) mass is 317 g/mol. The topological polar surface area (TPSA) is 38.3 Å². The lowest BCUT2D eigenvalue weighted by Crippen LogP contribution is -2.31.